The third kappa shape index (κ3) is 3.32. The molecule has 0 aromatic carbocycles. The number of thiophene rings is 1. The zero-order valence-corrected chi connectivity index (χ0v) is 10.8. The van der Waals surface area contributed by atoms with Crippen LogP contribution in [0.25, 0.3) is 0 Å². The van der Waals surface area contributed by atoms with Gasteiger partial charge in [-0.25, -0.2) is 0 Å². The Labute approximate surface area is 101 Å². The van der Waals surface area contributed by atoms with Crippen molar-refractivity contribution in [2.24, 2.45) is 11.1 Å². The van der Waals surface area contributed by atoms with Crippen LogP contribution in [0.1, 0.15) is 25.1 Å². The van der Waals surface area contributed by atoms with Crippen molar-refractivity contribution in [1.82, 2.24) is 5.32 Å². The maximum absolute atomic E-state index is 11.9. The molecule has 0 radical (unpaired) electrons. The lowest BCUT2D eigenvalue weighted by molar-refractivity contribution is -0.129. The van der Waals surface area contributed by atoms with E-state index in [1.54, 1.807) is 11.3 Å². The molecule has 0 aliphatic rings. The summed E-state index contributed by atoms with van der Waals surface area (Å²) in [6.45, 7) is 4.99. The second-order valence-corrected chi connectivity index (χ2v) is 5.24. The molecule has 1 aromatic rings. The quantitative estimate of drug-likeness (QED) is 0.796. The molecule has 16 heavy (non-hydrogen) atoms. The molecule has 1 atom stereocenters. The van der Waals surface area contributed by atoms with E-state index in [0.717, 1.165) is 12.8 Å². The van der Waals surface area contributed by atoms with Gasteiger partial charge in [0.1, 0.15) is 0 Å². The van der Waals surface area contributed by atoms with Gasteiger partial charge in [-0.05, 0) is 31.2 Å². The molecule has 1 unspecified atom stereocenters. The standard InChI is InChI=1S/C12H20N2OS/c1-3-12(2,9-13)11(15)14-7-6-10-5-4-8-16-10/h4-5,8H,3,6-7,9,13H2,1-2H3,(H,14,15). The van der Waals surface area contributed by atoms with Gasteiger partial charge in [-0.3, -0.25) is 4.79 Å². The number of hydrogen-bond donors (Lipinski definition) is 2. The minimum absolute atomic E-state index is 0.0639. The van der Waals surface area contributed by atoms with Gasteiger partial charge in [0.05, 0.1) is 5.41 Å². The molecule has 0 aliphatic heterocycles. The first kappa shape index (κ1) is 13.2. The molecule has 0 bridgehead atoms. The zero-order valence-electron chi connectivity index (χ0n) is 9.95. The summed E-state index contributed by atoms with van der Waals surface area (Å²) in [5.41, 5.74) is 5.20. The molecule has 1 aromatic heterocycles. The highest BCUT2D eigenvalue weighted by Gasteiger charge is 2.28. The van der Waals surface area contributed by atoms with Crippen LogP contribution < -0.4 is 11.1 Å². The molecule has 4 heteroatoms. The van der Waals surface area contributed by atoms with E-state index in [-0.39, 0.29) is 5.91 Å². The first-order valence-corrected chi connectivity index (χ1v) is 6.51. The monoisotopic (exact) mass is 240 g/mol. The van der Waals surface area contributed by atoms with Crippen molar-refractivity contribution in [1.29, 1.82) is 0 Å². The topological polar surface area (TPSA) is 55.1 Å². The normalized spacial score (nSPS) is 14.4. The number of rotatable bonds is 6. The van der Waals surface area contributed by atoms with Crippen LogP contribution in [0, 0.1) is 5.41 Å². The third-order valence-electron chi connectivity index (χ3n) is 3.02. The largest absolute Gasteiger partial charge is 0.355 e. The minimum atomic E-state index is -0.421. The summed E-state index contributed by atoms with van der Waals surface area (Å²) in [7, 11) is 0. The van der Waals surface area contributed by atoms with Gasteiger partial charge in [0.15, 0.2) is 0 Å². The summed E-state index contributed by atoms with van der Waals surface area (Å²) < 4.78 is 0. The highest BCUT2D eigenvalue weighted by atomic mass is 32.1. The number of amides is 1. The highest BCUT2D eigenvalue weighted by molar-refractivity contribution is 7.09. The summed E-state index contributed by atoms with van der Waals surface area (Å²) in [6, 6.07) is 4.11. The van der Waals surface area contributed by atoms with Crippen molar-refractivity contribution in [3.63, 3.8) is 0 Å². The number of nitrogens with one attached hydrogen (secondary N) is 1. The fraction of sp³-hybridized carbons (Fsp3) is 0.583. The maximum Gasteiger partial charge on any atom is 0.227 e. The Kier molecular flexibility index (Phi) is 4.96. The predicted molar refractivity (Wildman–Crippen MR) is 68.5 cm³/mol. The molecular formula is C12H20N2OS. The van der Waals surface area contributed by atoms with Gasteiger partial charge >= 0.3 is 0 Å². The molecular weight excluding hydrogens is 220 g/mol. The van der Waals surface area contributed by atoms with Gasteiger partial charge < -0.3 is 11.1 Å². The van der Waals surface area contributed by atoms with E-state index < -0.39 is 5.41 Å². The van der Waals surface area contributed by atoms with Crippen molar-refractivity contribution >= 4 is 17.2 Å². The fourth-order valence-electron chi connectivity index (χ4n) is 1.37. The Bertz CT molecular complexity index is 318. The Hall–Kier alpha value is -0.870. The van der Waals surface area contributed by atoms with E-state index in [9.17, 15) is 4.79 Å². The lowest BCUT2D eigenvalue weighted by Crippen LogP contribution is -2.44. The fourth-order valence-corrected chi connectivity index (χ4v) is 2.07. The van der Waals surface area contributed by atoms with E-state index in [0.29, 0.717) is 13.1 Å². The van der Waals surface area contributed by atoms with Crippen molar-refractivity contribution in [2.75, 3.05) is 13.1 Å². The van der Waals surface area contributed by atoms with Crippen molar-refractivity contribution < 1.29 is 4.79 Å². The second kappa shape index (κ2) is 6.01. The molecule has 1 heterocycles. The van der Waals surface area contributed by atoms with Crippen LogP contribution in [0.4, 0.5) is 0 Å². The minimum Gasteiger partial charge on any atom is -0.355 e. The summed E-state index contributed by atoms with van der Waals surface area (Å²) in [5.74, 6) is 0.0639. The number of carbonyl (C=O) groups excluding carboxylic acids is 1. The Balaban J connectivity index is 2.35. The lowest BCUT2D eigenvalue weighted by Gasteiger charge is -2.24. The van der Waals surface area contributed by atoms with Crippen molar-refractivity contribution in [3.05, 3.63) is 22.4 Å². The van der Waals surface area contributed by atoms with Crippen LogP contribution >= 0.6 is 11.3 Å². The second-order valence-electron chi connectivity index (χ2n) is 4.20. The summed E-state index contributed by atoms with van der Waals surface area (Å²) in [5, 5.41) is 5.00. The SMILES string of the molecule is CCC(C)(CN)C(=O)NCCc1cccs1. The molecule has 0 spiro atoms. The molecule has 1 amide bonds. The number of hydrogen-bond acceptors (Lipinski definition) is 3. The summed E-state index contributed by atoms with van der Waals surface area (Å²) >= 11 is 1.72. The smallest absolute Gasteiger partial charge is 0.227 e. The van der Waals surface area contributed by atoms with Gasteiger partial charge in [0, 0.05) is 18.0 Å². The third-order valence-corrected chi connectivity index (χ3v) is 3.95. The van der Waals surface area contributed by atoms with Crippen molar-refractivity contribution in [2.45, 2.75) is 26.7 Å². The van der Waals surface area contributed by atoms with Crippen molar-refractivity contribution in [3.8, 4) is 0 Å². The summed E-state index contributed by atoms with van der Waals surface area (Å²) in [6.07, 6.45) is 1.67. The lowest BCUT2D eigenvalue weighted by atomic mass is 9.87. The Morgan fingerprint density at radius 3 is 2.88 bits per heavy atom. The van der Waals surface area contributed by atoms with Crippen LogP contribution in [0.2, 0.25) is 0 Å². The van der Waals surface area contributed by atoms with E-state index >= 15 is 0 Å². The average Bonchev–Trinajstić information content (AvgIpc) is 2.80. The van der Waals surface area contributed by atoms with Crippen LogP contribution in [0.5, 0.6) is 0 Å². The molecule has 0 saturated heterocycles. The van der Waals surface area contributed by atoms with Gasteiger partial charge in [-0.15, -0.1) is 11.3 Å². The van der Waals surface area contributed by atoms with Gasteiger partial charge in [0.2, 0.25) is 5.91 Å². The molecule has 0 fully saturated rings. The molecule has 90 valence electrons. The average molecular weight is 240 g/mol. The highest BCUT2D eigenvalue weighted by Crippen LogP contribution is 2.19. The first-order valence-electron chi connectivity index (χ1n) is 5.63. The van der Waals surface area contributed by atoms with Gasteiger partial charge in [0.25, 0.3) is 0 Å². The van der Waals surface area contributed by atoms with Crippen LogP contribution in [-0.4, -0.2) is 19.0 Å². The van der Waals surface area contributed by atoms with E-state index in [4.69, 9.17) is 5.73 Å². The molecule has 3 nitrogen and oxygen atoms in total. The molecule has 3 N–H and O–H groups in total. The van der Waals surface area contributed by atoms with E-state index in [1.165, 1.54) is 4.88 Å². The van der Waals surface area contributed by atoms with Crippen LogP contribution in [-0.2, 0) is 11.2 Å². The molecule has 0 saturated carbocycles. The molecule has 0 aliphatic carbocycles. The Morgan fingerprint density at radius 2 is 2.38 bits per heavy atom. The van der Waals surface area contributed by atoms with Gasteiger partial charge in [-0.2, -0.15) is 0 Å². The van der Waals surface area contributed by atoms with Gasteiger partial charge in [-0.1, -0.05) is 13.0 Å². The Morgan fingerprint density at radius 1 is 1.62 bits per heavy atom. The van der Waals surface area contributed by atoms with E-state index in [2.05, 4.69) is 11.4 Å². The maximum atomic E-state index is 11.9. The number of nitrogens with two attached hydrogens (primary N) is 1. The van der Waals surface area contributed by atoms with Crippen LogP contribution in [0.15, 0.2) is 17.5 Å². The van der Waals surface area contributed by atoms with E-state index in [1.807, 2.05) is 25.3 Å². The zero-order chi connectivity index (χ0) is 12.0. The predicted octanol–water partition coefficient (Wildman–Crippen LogP) is 1.78. The molecule has 1 rings (SSSR count). The van der Waals surface area contributed by atoms with Crippen LogP contribution in [0.3, 0.4) is 0 Å². The number of carbonyl (C=O) groups is 1. The first-order chi connectivity index (χ1) is 7.62. The summed E-state index contributed by atoms with van der Waals surface area (Å²) in [4.78, 5) is 13.2.